The second-order valence-electron chi connectivity index (χ2n) is 9.87. The number of rotatable bonds is 8. The van der Waals surface area contributed by atoms with Crippen LogP contribution in [0, 0.1) is 0 Å². The van der Waals surface area contributed by atoms with E-state index in [1.165, 1.54) is 0 Å². The number of fused-ring (bicyclic) bond motifs is 1. The summed E-state index contributed by atoms with van der Waals surface area (Å²) in [5.41, 5.74) is 4.21. The third kappa shape index (κ3) is 6.15. The number of hydrogen-bond acceptors (Lipinski definition) is 8. The number of amides is 1. The Hall–Kier alpha value is -3.70. The molecule has 0 spiro atoms. The number of benzene rings is 1. The van der Waals surface area contributed by atoms with Gasteiger partial charge in [0.05, 0.1) is 25.0 Å². The van der Waals surface area contributed by atoms with Crippen molar-refractivity contribution in [3.8, 4) is 17.0 Å². The minimum atomic E-state index is -0.143. The number of methoxy groups -OCH3 is 1. The number of ether oxygens (including phenoxy) is 1. The number of hydrogen-bond donors (Lipinski definition) is 2. The van der Waals surface area contributed by atoms with Crippen LogP contribution in [0.1, 0.15) is 47.6 Å². The molecule has 1 atom stereocenters. The van der Waals surface area contributed by atoms with E-state index in [1.54, 1.807) is 26.6 Å². The fourth-order valence-electron chi connectivity index (χ4n) is 4.97. The van der Waals surface area contributed by atoms with Gasteiger partial charge in [-0.1, -0.05) is 13.0 Å². The van der Waals surface area contributed by atoms with Gasteiger partial charge in [-0.05, 0) is 56.7 Å². The Bertz CT molecular complexity index is 1430. The summed E-state index contributed by atoms with van der Waals surface area (Å²) < 4.78 is 7.64. The van der Waals surface area contributed by atoms with Crippen molar-refractivity contribution in [3.05, 3.63) is 60.2 Å². The molecule has 0 aliphatic carbocycles. The highest BCUT2D eigenvalue weighted by Crippen LogP contribution is 2.29. The first kappa shape index (κ1) is 28.3. The summed E-state index contributed by atoms with van der Waals surface area (Å²) in [6.07, 6.45) is 7.49. The molecule has 39 heavy (non-hydrogen) atoms. The topological polar surface area (TPSA) is 110 Å². The molecule has 2 N–H and O–H groups in total. The summed E-state index contributed by atoms with van der Waals surface area (Å²) >= 11 is 0. The lowest BCUT2D eigenvalue weighted by Gasteiger charge is -2.29. The molecule has 10 nitrogen and oxygen atoms in total. The first-order valence-electron chi connectivity index (χ1n) is 12.9. The molecule has 11 heteroatoms. The van der Waals surface area contributed by atoms with E-state index in [1.807, 2.05) is 30.6 Å². The fraction of sp³-hybridized carbons (Fsp3) is 0.393. The lowest BCUT2D eigenvalue weighted by Crippen LogP contribution is -2.31. The Morgan fingerprint density at radius 1 is 1.13 bits per heavy atom. The number of anilines is 1. The van der Waals surface area contributed by atoms with Crippen molar-refractivity contribution in [2.75, 3.05) is 46.2 Å². The molecule has 0 saturated carbocycles. The predicted octanol–water partition coefficient (Wildman–Crippen LogP) is 3.85. The third-order valence-corrected chi connectivity index (χ3v) is 7.27. The summed E-state index contributed by atoms with van der Waals surface area (Å²) in [7, 11) is 5.39. The van der Waals surface area contributed by atoms with E-state index in [2.05, 4.69) is 55.3 Å². The molecule has 5 rings (SSSR count). The second-order valence-corrected chi connectivity index (χ2v) is 9.87. The minimum Gasteiger partial charge on any atom is -0.496 e. The van der Waals surface area contributed by atoms with E-state index in [-0.39, 0.29) is 25.3 Å². The number of pyridine rings is 1. The van der Waals surface area contributed by atoms with Crippen molar-refractivity contribution in [2.45, 2.75) is 31.7 Å². The van der Waals surface area contributed by atoms with Crippen LogP contribution in [0.25, 0.3) is 22.3 Å². The lowest BCUT2D eigenvalue weighted by atomic mass is 9.98. The van der Waals surface area contributed by atoms with E-state index in [0.29, 0.717) is 23.9 Å². The maximum absolute atomic E-state index is 12.0. The van der Waals surface area contributed by atoms with Gasteiger partial charge in [0, 0.05) is 48.3 Å². The molecule has 1 saturated heterocycles. The number of carbonyl (C=O) groups is 1. The van der Waals surface area contributed by atoms with Gasteiger partial charge in [-0.15, -0.1) is 0 Å². The number of nitrogens with one attached hydrogen (secondary N) is 2. The molecule has 4 heterocycles. The summed E-state index contributed by atoms with van der Waals surface area (Å²) in [6.45, 7) is 4.89. The van der Waals surface area contributed by atoms with Crippen LogP contribution < -0.4 is 15.4 Å². The molecule has 1 amide bonds. The molecule has 1 aliphatic rings. The molecule has 206 valence electrons. The van der Waals surface area contributed by atoms with Crippen LogP contribution in [0.4, 0.5) is 5.82 Å². The highest BCUT2D eigenvalue weighted by Gasteiger charge is 2.21. The zero-order valence-corrected chi connectivity index (χ0v) is 23.8. The van der Waals surface area contributed by atoms with Gasteiger partial charge in [-0.25, -0.2) is 19.6 Å². The summed E-state index contributed by atoms with van der Waals surface area (Å²) in [4.78, 5) is 28.0. The van der Waals surface area contributed by atoms with E-state index < -0.39 is 0 Å². The standard InChI is InChI=1S/C28H34N8O2.H2S/c1-18(23-6-5-19(28(37)29-2)12-25(23)38-4)14-30-26-13-24(32-17-33-26)20-11-21-16-34-36(27(21)31-15-20)22-7-9-35(3)10-8-22;/h5-6,11-13,15-18,22H,7-10,14H2,1-4H3,(H,29,37)(H,30,32,33);1H2/t18-;/m1./s1. The average Bonchev–Trinajstić information content (AvgIpc) is 3.39. The fourth-order valence-corrected chi connectivity index (χ4v) is 4.97. The van der Waals surface area contributed by atoms with E-state index in [4.69, 9.17) is 9.72 Å². The maximum Gasteiger partial charge on any atom is 0.251 e. The number of carbonyl (C=O) groups excluding carboxylic acids is 1. The van der Waals surface area contributed by atoms with Crippen LogP contribution in [0.5, 0.6) is 5.75 Å². The number of nitrogens with zero attached hydrogens (tertiary/aromatic N) is 6. The van der Waals surface area contributed by atoms with Crippen LogP contribution in [-0.2, 0) is 0 Å². The Morgan fingerprint density at radius 2 is 1.92 bits per heavy atom. The summed E-state index contributed by atoms with van der Waals surface area (Å²) in [5.74, 6) is 1.38. The molecule has 0 radical (unpaired) electrons. The molecular weight excluding hydrogens is 512 g/mol. The van der Waals surface area contributed by atoms with Gasteiger partial charge >= 0.3 is 0 Å². The van der Waals surface area contributed by atoms with Gasteiger partial charge in [0.2, 0.25) is 0 Å². The Morgan fingerprint density at radius 3 is 2.67 bits per heavy atom. The SMILES string of the molecule is CNC(=O)c1ccc([C@H](C)CNc2cc(-c3cnc4c(cnn4C4CCN(C)CC4)c3)ncn2)c(OC)c1.S. The van der Waals surface area contributed by atoms with Gasteiger partial charge in [0.15, 0.2) is 5.65 Å². The number of aromatic nitrogens is 5. The van der Waals surface area contributed by atoms with Gasteiger partial charge in [-0.3, -0.25) is 4.79 Å². The molecule has 0 bridgehead atoms. The molecule has 3 aromatic heterocycles. The van der Waals surface area contributed by atoms with Crippen LogP contribution in [0.15, 0.2) is 49.1 Å². The quantitative estimate of drug-likeness (QED) is 0.342. The van der Waals surface area contributed by atoms with Crippen molar-refractivity contribution in [1.29, 1.82) is 0 Å². The van der Waals surface area contributed by atoms with Crippen molar-refractivity contribution in [3.63, 3.8) is 0 Å². The molecule has 1 aliphatic heterocycles. The first-order valence-corrected chi connectivity index (χ1v) is 12.9. The smallest absolute Gasteiger partial charge is 0.251 e. The predicted molar refractivity (Wildman–Crippen MR) is 158 cm³/mol. The van der Waals surface area contributed by atoms with Crippen LogP contribution in [-0.4, -0.2) is 76.4 Å². The minimum absolute atomic E-state index is 0. The zero-order chi connectivity index (χ0) is 26.6. The molecule has 1 aromatic carbocycles. The lowest BCUT2D eigenvalue weighted by molar-refractivity contribution is 0.0962. The third-order valence-electron chi connectivity index (χ3n) is 7.27. The maximum atomic E-state index is 12.0. The van der Waals surface area contributed by atoms with Crippen molar-refractivity contribution in [1.82, 2.24) is 34.9 Å². The van der Waals surface area contributed by atoms with Gasteiger partial charge < -0.3 is 20.3 Å². The molecule has 4 aromatic rings. The monoisotopic (exact) mass is 548 g/mol. The second kappa shape index (κ2) is 12.4. The highest BCUT2D eigenvalue weighted by atomic mass is 32.1. The molecule has 0 unspecified atom stereocenters. The molecule has 1 fully saturated rings. The van der Waals surface area contributed by atoms with Crippen molar-refractivity contribution in [2.24, 2.45) is 0 Å². The van der Waals surface area contributed by atoms with Crippen LogP contribution >= 0.6 is 13.5 Å². The van der Waals surface area contributed by atoms with E-state index in [9.17, 15) is 4.79 Å². The first-order chi connectivity index (χ1) is 18.5. The van der Waals surface area contributed by atoms with Gasteiger partial charge in [0.1, 0.15) is 17.9 Å². The van der Waals surface area contributed by atoms with Gasteiger partial charge in [-0.2, -0.15) is 18.6 Å². The Kier molecular flexibility index (Phi) is 9.03. The average molecular weight is 549 g/mol. The highest BCUT2D eigenvalue weighted by molar-refractivity contribution is 7.59. The largest absolute Gasteiger partial charge is 0.496 e. The summed E-state index contributed by atoms with van der Waals surface area (Å²) in [5, 5.41) is 11.7. The van der Waals surface area contributed by atoms with E-state index in [0.717, 1.165) is 59.6 Å². The normalized spacial score (nSPS) is 15.0. The molecular formula is C28H36N8O2S. The van der Waals surface area contributed by atoms with Crippen LogP contribution in [0.2, 0.25) is 0 Å². The summed E-state index contributed by atoms with van der Waals surface area (Å²) in [6, 6.07) is 9.93. The zero-order valence-electron chi connectivity index (χ0n) is 22.8. The Balaban J connectivity index is 0.00000353. The Labute approximate surface area is 235 Å². The number of piperidine rings is 1. The van der Waals surface area contributed by atoms with Gasteiger partial charge in [0.25, 0.3) is 5.91 Å². The van der Waals surface area contributed by atoms with Crippen molar-refractivity contribution >= 4 is 36.3 Å². The van der Waals surface area contributed by atoms with Crippen LogP contribution in [0.3, 0.4) is 0 Å². The number of likely N-dealkylation sites (tertiary alicyclic amines) is 1. The van der Waals surface area contributed by atoms with Crippen molar-refractivity contribution < 1.29 is 9.53 Å². The van der Waals surface area contributed by atoms with E-state index >= 15 is 0 Å².